The molecule has 0 amide bonds. The van der Waals surface area contributed by atoms with Crippen LogP contribution in [0.2, 0.25) is 0 Å². The van der Waals surface area contributed by atoms with E-state index in [1.54, 1.807) is 6.07 Å². The number of unbranched alkanes of at least 4 members (excludes halogenated alkanes) is 4. The lowest BCUT2D eigenvalue weighted by atomic mass is 10.0. The molecule has 1 aromatic carbocycles. The van der Waals surface area contributed by atoms with E-state index in [4.69, 9.17) is 10.3 Å². The van der Waals surface area contributed by atoms with Gasteiger partial charge >= 0.3 is 0 Å². The Morgan fingerprint density at radius 3 is 2.71 bits per heavy atom. The van der Waals surface area contributed by atoms with Gasteiger partial charge in [-0.15, -0.1) is 0 Å². The Balaban J connectivity index is 2.09. The molecule has 1 aromatic heterocycles. The van der Waals surface area contributed by atoms with E-state index in [-0.39, 0.29) is 11.9 Å². The predicted octanol–water partition coefficient (Wildman–Crippen LogP) is 4.75. The SMILES string of the molecule is CCCCCCCC(NN)c1oc2ccc(F)cc2c1C. The van der Waals surface area contributed by atoms with Crippen molar-refractivity contribution in [1.29, 1.82) is 0 Å². The summed E-state index contributed by atoms with van der Waals surface area (Å²) in [6.45, 7) is 4.17. The van der Waals surface area contributed by atoms with E-state index >= 15 is 0 Å². The van der Waals surface area contributed by atoms with E-state index in [2.05, 4.69) is 12.3 Å². The normalized spacial score (nSPS) is 13.0. The zero-order chi connectivity index (χ0) is 15.2. The molecule has 1 unspecified atom stereocenters. The fraction of sp³-hybridized carbons (Fsp3) is 0.529. The first-order valence-corrected chi connectivity index (χ1v) is 7.82. The molecule has 0 radical (unpaired) electrons. The van der Waals surface area contributed by atoms with Gasteiger partial charge in [0.1, 0.15) is 17.2 Å². The van der Waals surface area contributed by atoms with Gasteiger partial charge in [-0.25, -0.2) is 9.82 Å². The van der Waals surface area contributed by atoms with Crippen LogP contribution >= 0.6 is 0 Å². The van der Waals surface area contributed by atoms with Crippen molar-refractivity contribution in [3.63, 3.8) is 0 Å². The van der Waals surface area contributed by atoms with Gasteiger partial charge in [0, 0.05) is 10.9 Å². The minimum atomic E-state index is -0.241. The lowest BCUT2D eigenvalue weighted by Gasteiger charge is -2.14. The van der Waals surface area contributed by atoms with Crippen LogP contribution in [0.1, 0.15) is 62.8 Å². The molecule has 0 aliphatic carbocycles. The van der Waals surface area contributed by atoms with Crippen LogP contribution in [0.4, 0.5) is 4.39 Å². The average molecular weight is 292 g/mol. The second-order valence-electron chi connectivity index (χ2n) is 5.65. The number of halogens is 1. The van der Waals surface area contributed by atoms with Crippen LogP contribution in [-0.2, 0) is 0 Å². The Morgan fingerprint density at radius 2 is 2.00 bits per heavy atom. The number of hydrogen-bond donors (Lipinski definition) is 2. The second-order valence-corrected chi connectivity index (χ2v) is 5.65. The van der Waals surface area contributed by atoms with Crippen LogP contribution in [0.15, 0.2) is 22.6 Å². The van der Waals surface area contributed by atoms with Crippen molar-refractivity contribution in [2.24, 2.45) is 5.84 Å². The molecule has 0 spiro atoms. The molecule has 3 nitrogen and oxygen atoms in total. The number of rotatable bonds is 8. The summed E-state index contributed by atoms with van der Waals surface area (Å²) in [5, 5.41) is 0.830. The molecular formula is C17H25FN2O. The van der Waals surface area contributed by atoms with E-state index in [0.29, 0.717) is 0 Å². The van der Waals surface area contributed by atoms with Gasteiger partial charge in [0.2, 0.25) is 0 Å². The van der Waals surface area contributed by atoms with Crippen LogP contribution in [0.25, 0.3) is 11.0 Å². The number of hydrazine groups is 1. The van der Waals surface area contributed by atoms with E-state index < -0.39 is 0 Å². The zero-order valence-electron chi connectivity index (χ0n) is 12.9. The van der Waals surface area contributed by atoms with Crippen molar-refractivity contribution in [1.82, 2.24) is 5.43 Å². The molecule has 1 atom stereocenters. The summed E-state index contributed by atoms with van der Waals surface area (Å²) >= 11 is 0. The largest absolute Gasteiger partial charge is 0.459 e. The van der Waals surface area contributed by atoms with Gasteiger partial charge in [0.25, 0.3) is 0 Å². The van der Waals surface area contributed by atoms with Gasteiger partial charge in [0.15, 0.2) is 0 Å². The Bertz CT molecular complexity index is 579. The molecule has 4 heteroatoms. The summed E-state index contributed by atoms with van der Waals surface area (Å²) in [5.74, 6) is 6.27. The second kappa shape index (κ2) is 7.57. The van der Waals surface area contributed by atoms with Crippen molar-refractivity contribution in [3.05, 3.63) is 35.3 Å². The number of nitrogens with two attached hydrogens (primary N) is 1. The highest BCUT2D eigenvalue weighted by Gasteiger charge is 2.19. The summed E-state index contributed by atoms with van der Waals surface area (Å²) < 4.78 is 19.2. The lowest BCUT2D eigenvalue weighted by Crippen LogP contribution is -2.28. The first-order valence-electron chi connectivity index (χ1n) is 7.82. The lowest BCUT2D eigenvalue weighted by molar-refractivity contribution is 0.399. The number of aryl methyl sites for hydroxylation is 1. The van der Waals surface area contributed by atoms with E-state index in [0.717, 1.165) is 35.1 Å². The molecular weight excluding hydrogens is 267 g/mol. The summed E-state index contributed by atoms with van der Waals surface area (Å²) in [6.07, 6.45) is 7.04. The van der Waals surface area contributed by atoms with Gasteiger partial charge in [-0.1, -0.05) is 39.0 Å². The van der Waals surface area contributed by atoms with Crippen molar-refractivity contribution in [3.8, 4) is 0 Å². The number of fused-ring (bicyclic) bond motifs is 1. The van der Waals surface area contributed by atoms with Gasteiger partial charge in [0.05, 0.1) is 6.04 Å². The quantitative estimate of drug-likeness (QED) is 0.419. The molecule has 2 aromatic rings. The van der Waals surface area contributed by atoms with Crippen LogP contribution in [0.3, 0.4) is 0 Å². The Kier molecular flexibility index (Phi) is 5.76. The number of benzene rings is 1. The van der Waals surface area contributed by atoms with Crippen molar-refractivity contribution < 1.29 is 8.81 Å². The summed E-state index contributed by atoms with van der Waals surface area (Å²) in [6, 6.07) is 4.61. The third-order valence-corrected chi connectivity index (χ3v) is 4.05. The van der Waals surface area contributed by atoms with E-state index in [1.165, 1.54) is 37.8 Å². The minimum Gasteiger partial charge on any atom is -0.459 e. The van der Waals surface area contributed by atoms with Gasteiger partial charge in [-0.3, -0.25) is 5.84 Å². The smallest absolute Gasteiger partial charge is 0.134 e. The fourth-order valence-corrected chi connectivity index (χ4v) is 2.79. The average Bonchev–Trinajstić information content (AvgIpc) is 2.80. The molecule has 0 bridgehead atoms. The highest BCUT2D eigenvalue weighted by atomic mass is 19.1. The maximum Gasteiger partial charge on any atom is 0.134 e. The molecule has 0 aliphatic rings. The molecule has 116 valence electrons. The molecule has 0 saturated carbocycles. The molecule has 0 aliphatic heterocycles. The van der Waals surface area contributed by atoms with Crippen LogP contribution in [0.5, 0.6) is 0 Å². The van der Waals surface area contributed by atoms with Crippen LogP contribution in [-0.4, -0.2) is 0 Å². The molecule has 0 fully saturated rings. The summed E-state index contributed by atoms with van der Waals surface area (Å²) in [7, 11) is 0. The summed E-state index contributed by atoms with van der Waals surface area (Å²) in [4.78, 5) is 0. The number of nitrogens with one attached hydrogen (secondary N) is 1. The first-order chi connectivity index (χ1) is 10.2. The van der Waals surface area contributed by atoms with Crippen LogP contribution < -0.4 is 11.3 Å². The first kappa shape index (κ1) is 16.0. The zero-order valence-corrected chi connectivity index (χ0v) is 12.9. The van der Waals surface area contributed by atoms with Gasteiger partial charge in [-0.2, -0.15) is 0 Å². The molecule has 2 rings (SSSR count). The summed E-state index contributed by atoms with van der Waals surface area (Å²) in [5.41, 5.74) is 4.53. The van der Waals surface area contributed by atoms with E-state index in [1.807, 2.05) is 6.92 Å². The molecule has 1 heterocycles. The monoisotopic (exact) mass is 292 g/mol. The van der Waals surface area contributed by atoms with Crippen molar-refractivity contribution >= 4 is 11.0 Å². The molecule has 0 saturated heterocycles. The maximum absolute atomic E-state index is 13.3. The Hall–Kier alpha value is -1.39. The standard InChI is InChI=1S/C17H25FN2O/c1-3-4-5-6-7-8-15(20-19)17-12(2)14-11-13(18)9-10-16(14)21-17/h9-11,15,20H,3-8,19H2,1-2H3. The van der Waals surface area contributed by atoms with Crippen molar-refractivity contribution in [2.75, 3.05) is 0 Å². The van der Waals surface area contributed by atoms with Crippen LogP contribution in [0, 0.1) is 12.7 Å². The topological polar surface area (TPSA) is 51.2 Å². The highest BCUT2D eigenvalue weighted by Crippen LogP contribution is 2.31. The number of hydrogen-bond acceptors (Lipinski definition) is 3. The highest BCUT2D eigenvalue weighted by molar-refractivity contribution is 5.82. The minimum absolute atomic E-state index is 0.0120. The fourth-order valence-electron chi connectivity index (χ4n) is 2.79. The Labute approximate surface area is 125 Å². The predicted molar refractivity (Wildman–Crippen MR) is 84.3 cm³/mol. The van der Waals surface area contributed by atoms with Gasteiger partial charge in [-0.05, 0) is 31.5 Å². The molecule has 21 heavy (non-hydrogen) atoms. The van der Waals surface area contributed by atoms with Gasteiger partial charge < -0.3 is 4.42 Å². The third-order valence-electron chi connectivity index (χ3n) is 4.05. The van der Waals surface area contributed by atoms with Crippen molar-refractivity contribution in [2.45, 2.75) is 58.4 Å². The maximum atomic E-state index is 13.3. The van der Waals surface area contributed by atoms with E-state index in [9.17, 15) is 4.39 Å². The molecule has 3 N–H and O–H groups in total. The Morgan fingerprint density at radius 1 is 1.24 bits per heavy atom. The number of furan rings is 1. The third kappa shape index (κ3) is 3.83.